The molecule has 0 unspecified atom stereocenters. The number of para-hydroxylation sites is 1. The minimum Gasteiger partial charge on any atom is -0.466 e. The number of rotatable bonds is 5. The van der Waals surface area contributed by atoms with Gasteiger partial charge in [0.2, 0.25) is 0 Å². The minimum atomic E-state index is -0.342. The number of pyridine rings is 1. The van der Waals surface area contributed by atoms with Gasteiger partial charge in [-0.05, 0) is 31.9 Å². The SMILES string of the molecule is CCOC(=O)C1CCN(C(=O)/C(C#N)=C\Nc2cccc3cccnc23)CC1. The third kappa shape index (κ3) is 4.29. The van der Waals surface area contributed by atoms with Gasteiger partial charge in [0.05, 0.1) is 23.7 Å². The molecule has 1 fully saturated rings. The summed E-state index contributed by atoms with van der Waals surface area (Å²) in [6.07, 6.45) is 4.21. The van der Waals surface area contributed by atoms with Crippen LogP contribution in [0.1, 0.15) is 19.8 Å². The zero-order valence-electron chi connectivity index (χ0n) is 15.7. The van der Waals surface area contributed by atoms with Crippen LogP contribution in [0.3, 0.4) is 0 Å². The van der Waals surface area contributed by atoms with Crippen LogP contribution in [0.4, 0.5) is 5.69 Å². The van der Waals surface area contributed by atoms with E-state index in [1.54, 1.807) is 18.0 Å². The summed E-state index contributed by atoms with van der Waals surface area (Å²) < 4.78 is 5.05. The Kier molecular flexibility index (Phi) is 6.22. The topological polar surface area (TPSA) is 95.3 Å². The van der Waals surface area contributed by atoms with E-state index >= 15 is 0 Å². The fourth-order valence-corrected chi connectivity index (χ4v) is 3.26. The fourth-order valence-electron chi connectivity index (χ4n) is 3.26. The van der Waals surface area contributed by atoms with Crippen molar-refractivity contribution in [2.75, 3.05) is 25.0 Å². The summed E-state index contributed by atoms with van der Waals surface area (Å²) in [4.78, 5) is 30.5. The van der Waals surface area contributed by atoms with Crippen LogP contribution >= 0.6 is 0 Å². The van der Waals surface area contributed by atoms with Crippen molar-refractivity contribution in [2.24, 2.45) is 5.92 Å². The number of fused-ring (bicyclic) bond motifs is 1. The number of anilines is 1. The lowest BCUT2D eigenvalue weighted by Gasteiger charge is -2.30. The Morgan fingerprint density at radius 3 is 2.79 bits per heavy atom. The number of benzene rings is 1. The number of hydrogen-bond donors (Lipinski definition) is 1. The van der Waals surface area contributed by atoms with E-state index in [4.69, 9.17) is 4.74 Å². The average Bonchev–Trinajstić information content (AvgIpc) is 2.74. The van der Waals surface area contributed by atoms with Crippen LogP contribution < -0.4 is 5.32 Å². The molecule has 2 aromatic rings. The maximum atomic E-state index is 12.7. The number of nitrogens with one attached hydrogen (secondary N) is 1. The summed E-state index contributed by atoms with van der Waals surface area (Å²) in [5, 5.41) is 13.4. The van der Waals surface area contributed by atoms with Crippen LogP contribution in [0.5, 0.6) is 0 Å². The summed E-state index contributed by atoms with van der Waals surface area (Å²) in [5.41, 5.74) is 1.50. The van der Waals surface area contributed by atoms with Gasteiger partial charge in [-0.25, -0.2) is 0 Å². The highest BCUT2D eigenvalue weighted by Gasteiger charge is 2.29. The molecule has 3 rings (SSSR count). The van der Waals surface area contributed by atoms with Gasteiger partial charge in [-0.1, -0.05) is 18.2 Å². The molecule has 7 nitrogen and oxygen atoms in total. The highest BCUT2D eigenvalue weighted by molar-refractivity contribution is 5.98. The third-order valence-corrected chi connectivity index (χ3v) is 4.76. The van der Waals surface area contributed by atoms with Crippen molar-refractivity contribution >= 4 is 28.5 Å². The standard InChI is InChI=1S/C21H22N4O3/c1-2-28-21(27)16-8-11-25(12-9-16)20(26)17(13-22)14-24-18-7-3-5-15-6-4-10-23-19(15)18/h3-7,10,14,16,24H,2,8-9,11-12H2,1H3/b17-14-. The first-order chi connectivity index (χ1) is 13.6. The summed E-state index contributed by atoms with van der Waals surface area (Å²) in [6, 6.07) is 11.4. The van der Waals surface area contributed by atoms with Crippen LogP contribution in [0, 0.1) is 17.2 Å². The van der Waals surface area contributed by atoms with E-state index in [9.17, 15) is 14.9 Å². The van der Waals surface area contributed by atoms with Crippen LogP contribution in [-0.2, 0) is 14.3 Å². The van der Waals surface area contributed by atoms with Crippen LogP contribution in [-0.4, -0.2) is 41.5 Å². The number of esters is 1. The Bertz CT molecular complexity index is 935. The molecular formula is C21H22N4O3. The molecule has 0 atom stereocenters. The van der Waals surface area contributed by atoms with E-state index in [-0.39, 0.29) is 23.4 Å². The molecule has 1 saturated heterocycles. The lowest BCUT2D eigenvalue weighted by molar-refractivity contribution is -0.150. The van der Waals surface area contributed by atoms with E-state index in [0.717, 1.165) is 16.6 Å². The predicted octanol–water partition coefficient (Wildman–Crippen LogP) is 2.86. The van der Waals surface area contributed by atoms with Crippen LogP contribution in [0.2, 0.25) is 0 Å². The van der Waals surface area contributed by atoms with Gasteiger partial charge >= 0.3 is 5.97 Å². The molecular weight excluding hydrogens is 356 g/mol. The molecule has 0 saturated carbocycles. The molecule has 1 aliphatic rings. The molecule has 1 aromatic carbocycles. The summed E-state index contributed by atoms with van der Waals surface area (Å²) in [6.45, 7) is 2.99. The van der Waals surface area contributed by atoms with Gasteiger partial charge < -0.3 is 15.0 Å². The summed E-state index contributed by atoms with van der Waals surface area (Å²) >= 11 is 0. The first kappa shape index (κ1) is 19.4. The van der Waals surface area contributed by atoms with Gasteiger partial charge in [0.1, 0.15) is 11.6 Å². The molecule has 0 spiro atoms. The second kappa shape index (κ2) is 9.00. The lowest BCUT2D eigenvalue weighted by Crippen LogP contribution is -2.41. The maximum absolute atomic E-state index is 12.7. The quantitative estimate of drug-likeness (QED) is 0.488. The molecule has 0 aliphatic carbocycles. The largest absolute Gasteiger partial charge is 0.466 e. The molecule has 0 radical (unpaired) electrons. The normalized spacial score (nSPS) is 15.1. The maximum Gasteiger partial charge on any atom is 0.309 e. The smallest absolute Gasteiger partial charge is 0.309 e. The molecule has 1 aromatic heterocycles. The number of ether oxygens (including phenoxy) is 1. The minimum absolute atomic E-state index is 0.0162. The zero-order valence-corrected chi connectivity index (χ0v) is 15.7. The van der Waals surface area contributed by atoms with Gasteiger partial charge in [-0.15, -0.1) is 0 Å². The first-order valence-electron chi connectivity index (χ1n) is 9.30. The monoisotopic (exact) mass is 378 g/mol. The molecule has 7 heteroatoms. The number of carbonyl (C=O) groups excluding carboxylic acids is 2. The Hall–Kier alpha value is -3.40. The number of hydrogen-bond acceptors (Lipinski definition) is 6. The van der Waals surface area contributed by atoms with Crippen LogP contribution in [0.25, 0.3) is 10.9 Å². The van der Waals surface area contributed by atoms with Crippen molar-refractivity contribution in [3.05, 3.63) is 48.3 Å². The highest BCUT2D eigenvalue weighted by Crippen LogP contribution is 2.22. The van der Waals surface area contributed by atoms with E-state index in [1.807, 2.05) is 36.4 Å². The first-order valence-corrected chi connectivity index (χ1v) is 9.30. The molecule has 144 valence electrons. The predicted molar refractivity (Wildman–Crippen MR) is 105 cm³/mol. The molecule has 0 bridgehead atoms. The molecule has 28 heavy (non-hydrogen) atoms. The van der Waals surface area contributed by atoms with Gasteiger partial charge in [-0.2, -0.15) is 5.26 Å². The number of nitrogens with zero attached hydrogens (tertiary/aromatic N) is 3. The van der Waals surface area contributed by atoms with Crippen molar-refractivity contribution in [1.29, 1.82) is 5.26 Å². The molecule has 1 amide bonds. The van der Waals surface area contributed by atoms with Gasteiger partial charge in [0.15, 0.2) is 0 Å². The van der Waals surface area contributed by atoms with Crippen molar-refractivity contribution in [2.45, 2.75) is 19.8 Å². The number of amides is 1. The van der Waals surface area contributed by atoms with Gasteiger partial charge in [0.25, 0.3) is 5.91 Å². The lowest BCUT2D eigenvalue weighted by atomic mass is 9.96. The Labute approximate surface area is 163 Å². The Morgan fingerprint density at radius 2 is 2.07 bits per heavy atom. The number of carbonyl (C=O) groups is 2. The molecule has 1 N–H and O–H groups in total. The summed E-state index contributed by atoms with van der Waals surface area (Å²) in [5.74, 6) is -0.736. The van der Waals surface area contributed by atoms with Crippen molar-refractivity contribution in [1.82, 2.24) is 9.88 Å². The molecule has 2 heterocycles. The number of nitriles is 1. The zero-order chi connectivity index (χ0) is 19.9. The van der Waals surface area contributed by atoms with E-state index in [0.29, 0.717) is 32.5 Å². The second-order valence-corrected chi connectivity index (χ2v) is 6.51. The molecule has 1 aliphatic heterocycles. The number of piperidine rings is 1. The third-order valence-electron chi connectivity index (χ3n) is 4.76. The number of aromatic nitrogens is 1. The second-order valence-electron chi connectivity index (χ2n) is 6.51. The van der Waals surface area contributed by atoms with Gasteiger partial charge in [-0.3, -0.25) is 14.6 Å². The number of likely N-dealkylation sites (tertiary alicyclic amines) is 1. The average molecular weight is 378 g/mol. The van der Waals surface area contributed by atoms with Crippen molar-refractivity contribution < 1.29 is 14.3 Å². The van der Waals surface area contributed by atoms with E-state index < -0.39 is 0 Å². The van der Waals surface area contributed by atoms with Crippen molar-refractivity contribution in [3.8, 4) is 6.07 Å². The Balaban J connectivity index is 1.67. The fraction of sp³-hybridized carbons (Fsp3) is 0.333. The van der Waals surface area contributed by atoms with Crippen LogP contribution in [0.15, 0.2) is 48.3 Å². The van der Waals surface area contributed by atoms with E-state index in [1.165, 1.54) is 6.20 Å². The van der Waals surface area contributed by atoms with Gasteiger partial charge in [0, 0.05) is 30.9 Å². The highest BCUT2D eigenvalue weighted by atomic mass is 16.5. The summed E-state index contributed by atoms with van der Waals surface area (Å²) in [7, 11) is 0. The van der Waals surface area contributed by atoms with E-state index in [2.05, 4.69) is 10.3 Å². The van der Waals surface area contributed by atoms with Crippen molar-refractivity contribution in [3.63, 3.8) is 0 Å². The Morgan fingerprint density at radius 1 is 1.32 bits per heavy atom.